The Hall–Kier alpha value is -4.02. The fourth-order valence-electron chi connectivity index (χ4n) is 3.38. The molecule has 11 nitrogen and oxygen atoms in total. The SMILES string of the molecule is COC(=O)c1ccc2c(c1)CC[C@@H]2NC(=O)c1cc(C(=O)O)n2nnc(O)c2n1. The number of aromatic nitrogens is 4. The molecule has 4 rings (SSSR count). The van der Waals surface area contributed by atoms with Gasteiger partial charge in [-0.3, -0.25) is 4.79 Å². The second-order valence-corrected chi connectivity index (χ2v) is 6.45. The molecule has 29 heavy (non-hydrogen) atoms. The van der Waals surface area contributed by atoms with E-state index in [2.05, 4.69) is 20.6 Å². The van der Waals surface area contributed by atoms with E-state index in [4.69, 9.17) is 4.74 Å². The minimum atomic E-state index is -1.35. The smallest absolute Gasteiger partial charge is 0.354 e. The molecule has 1 atom stereocenters. The van der Waals surface area contributed by atoms with Gasteiger partial charge in [-0.2, -0.15) is 4.52 Å². The van der Waals surface area contributed by atoms with Gasteiger partial charge in [0.15, 0.2) is 5.69 Å². The molecule has 2 aromatic heterocycles. The molecule has 148 valence electrons. The lowest BCUT2D eigenvalue weighted by molar-refractivity contribution is 0.0599. The maximum atomic E-state index is 12.7. The Bertz CT molecular complexity index is 1170. The Morgan fingerprint density at radius 2 is 2.07 bits per heavy atom. The summed E-state index contributed by atoms with van der Waals surface area (Å²) in [5.41, 5.74) is 1.43. The summed E-state index contributed by atoms with van der Waals surface area (Å²) in [5.74, 6) is -2.97. The molecule has 1 aliphatic carbocycles. The van der Waals surface area contributed by atoms with E-state index in [1.165, 1.54) is 7.11 Å². The van der Waals surface area contributed by atoms with Crippen LogP contribution in [0.5, 0.6) is 5.88 Å². The molecule has 3 aromatic rings. The Balaban J connectivity index is 1.62. The van der Waals surface area contributed by atoms with Gasteiger partial charge in [0.2, 0.25) is 5.65 Å². The van der Waals surface area contributed by atoms with Crippen LogP contribution in [0.15, 0.2) is 24.3 Å². The van der Waals surface area contributed by atoms with Gasteiger partial charge in [0.05, 0.1) is 18.7 Å². The van der Waals surface area contributed by atoms with E-state index in [0.29, 0.717) is 18.4 Å². The van der Waals surface area contributed by atoms with E-state index in [0.717, 1.165) is 21.7 Å². The number of methoxy groups -OCH3 is 1. The Morgan fingerprint density at radius 1 is 1.28 bits per heavy atom. The summed E-state index contributed by atoms with van der Waals surface area (Å²) in [5, 5.41) is 28.7. The van der Waals surface area contributed by atoms with Crippen LogP contribution in [0.4, 0.5) is 0 Å². The molecular weight excluding hydrogens is 382 g/mol. The van der Waals surface area contributed by atoms with Gasteiger partial charge in [0.1, 0.15) is 5.69 Å². The number of aryl methyl sites for hydroxylation is 1. The number of ether oxygens (including phenoxy) is 1. The van der Waals surface area contributed by atoms with E-state index in [1.807, 2.05) is 0 Å². The van der Waals surface area contributed by atoms with Crippen LogP contribution in [0.2, 0.25) is 0 Å². The Kier molecular flexibility index (Phi) is 4.34. The van der Waals surface area contributed by atoms with Gasteiger partial charge in [-0.1, -0.05) is 16.4 Å². The predicted octanol–water partition coefficient (Wildman–Crippen LogP) is 0.732. The zero-order valence-corrected chi connectivity index (χ0v) is 15.1. The van der Waals surface area contributed by atoms with Crippen molar-refractivity contribution in [3.05, 3.63) is 52.3 Å². The number of carbonyl (C=O) groups excluding carboxylic acids is 2. The maximum absolute atomic E-state index is 12.7. The van der Waals surface area contributed by atoms with Crippen molar-refractivity contribution in [1.29, 1.82) is 0 Å². The summed E-state index contributed by atoms with van der Waals surface area (Å²) in [6.07, 6.45) is 1.27. The van der Waals surface area contributed by atoms with Crippen molar-refractivity contribution in [2.45, 2.75) is 18.9 Å². The molecule has 2 heterocycles. The lowest BCUT2D eigenvalue weighted by atomic mass is 10.0. The summed E-state index contributed by atoms with van der Waals surface area (Å²) in [6, 6.07) is 5.85. The van der Waals surface area contributed by atoms with Crippen molar-refractivity contribution in [1.82, 2.24) is 25.1 Å². The summed E-state index contributed by atoms with van der Waals surface area (Å²) in [7, 11) is 1.31. The quantitative estimate of drug-likeness (QED) is 0.540. The molecule has 1 aliphatic rings. The first-order valence-electron chi connectivity index (χ1n) is 8.59. The van der Waals surface area contributed by atoms with Crippen LogP contribution < -0.4 is 5.32 Å². The molecule has 0 aliphatic heterocycles. The van der Waals surface area contributed by atoms with E-state index in [-0.39, 0.29) is 23.1 Å². The number of carboxylic acids is 1. The number of rotatable bonds is 4. The third kappa shape index (κ3) is 3.12. The second kappa shape index (κ2) is 6.86. The van der Waals surface area contributed by atoms with Gasteiger partial charge < -0.3 is 20.3 Å². The number of nitrogens with zero attached hydrogens (tertiary/aromatic N) is 4. The molecule has 0 fully saturated rings. The lowest BCUT2D eigenvalue weighted by Gasteiger charge is -2.14. The number of esters is 1. The summed E-state index contributed by atoms with van der Waals surface area (Å²) >= 11 is 0. The van der Waals surface area contributed by atoms with Gasteiger partial charge >= 0.3 is 11.9 Å². The molecule has 0 saturated heterocycles. The average molecular weight is 397 g/mol. The molecule has 1 aromatic carbocycles. The fraction of sp³-hybridized carbons (Fsp3) is 0.222. The van der Waals surface area contributed by atoms with Crippen molar-refractivity contribution in [3.63, 3.8) is 0 Å². The highest BCUT2D eigenvalue weighted by molar-refractivity contribution is 5.96. The minimum absolute atomic E-state index is 0.188. The third-order valence-electron chi connectivity index (χ3n) is 4.76. The summed E-state index contributed by atoms with van der Waals surface area (Å²) < 4.78 is 5.56. The highest BCUT2D eigenvalue weighted by Crippen LogP contribution is 2.32. The first-order chi connectivity index (χ1) is 13.9. The largest absolute Gasteiger partial charge is 0.489 e. The molecule has 0 bridgehead atoms. The molecule has 0 radical (unpaired) electrons. The zero-order chi connectivity index (χ0) is 20.7. The van der Waals surface area contributed by atoms with Crippen molar-refractivity contribution in [3.8, 4) is 5.88 Å². The number of amides is 1. The third-order valence-corrected chi connectivity index (χ3v) is 4.76. The number of nitrogens with one attached hydrogen (secondary N) is 1. The molecule has 11 heteroatoms. The number of hydrogen-bond acceptors (Lipinski definition) is 8. The van der Waals surface area contributed by atoms with E-state index in [9.17, 15) is 24.6 Å². The van der Waals surface area contributed by atoms with Crippen molar-refractivity contribution >= 4 is 23.5 Å². The highest BCUT2D eigenvalue weighted by atomic mass is 16.5. The van der Waals surface area contributed by atoms with E-state index >= 15 is 0 Å². The van der Waals surface area contributed by atoms with E-state index in [1.54, 1.807) is 18.2 Å². The average Bonchev–Trinajstić information content (AvgIpc) is 3.29. The predicted molar refractivity (Wildman–Crippen MR) is 95.7 cm³/mol. The zero-order valence-electron chi connectivity index (χ0n) is 15.1. The topological polar surface area (TPSA) is 156 Å². The number of aromatic hydroxyl groups is 1. The molecule has 1 amide bonds. The van der Waals surface area contributed by atoms with Gasteiger partial charge in [0.25, 0.3) is 11.8 Å². The van der Waals surface area contributed by atoms with Crippen molar-refractivity contribution < 1.29 is 29.3 Å². The molecular formula is C18H15N5O6. The maximum Gasteiger partial charge on any atom is 0.354 e. The summed E-state index contributed by atoms with van der Waals surface area (Å²) in [4.78, 5) is 39.8. The van der Waals surface area contributed by atoms with Crippen LogP contribution in [0.25, 0.3) is 5.65 Å². The van der Waals surface area contributed by atoms with Gasteiger partial charge in [-0.25, -0.2) is 14.6 Å². The number of aromatic carboxylic acids is 1. The Labute approximate surface area is 162 Å². The minimum Gasteiger partial charge on any atom is -0.489 e. The standard InChI is InChI=1S/C18H15N5O6/c1-29-18(28)9-2-4-10-8(6-9)3-5-11(10)20-15(24)12-7-13(17(26)27)23-14(19-12)16(25)21-22-23/h2,4,6-7,11,25H,3,5H2,1H3,(H,20,24)(H,26,27)/t11-/m0/s1. The second-order valence-electron chi connectivity index (χ2n) is 6.45. The van der Waals surface area contributed by atoms with Crippen molar-refractivity contribution in [2.24, 2.45) is 0 Å². The van der Waals surface area contributed by atoms with Gasteiger partial charge in [-0.05, 0) is 36.1 Å². The van der Waals surface area contributed by atoms with Crippen LogP contribution >= 0.6 is 0 Å². The van der Waals surface area contributed by atoms with Crippen LogP contribution in [0.3, 0.4) is 0 Å². The van der Waals surface area contributed by atoms with E-state index < -0.39 is 23.7 Å². The van der Waals surface area contributed by atoms with Gasteiger partial charge in [0, 0.05) is 6.07 Å². The first kappa shape index (κ1) is 18.3. The monoisotopic (exact) mass is 397 g/mol. The normalized spacial score (nSPS) is 15.1. The molecule has 3 N–H and O–H groups in total. The highest BCUT2D eigenvalue weighted by Gasteiger charge is 2.27. The molecule has 0 spiro atoms. The van der Waals surface area contributed by atoms with Gasteiger partial charge in [-0.15, -0.1) is 0 Å². The lowest BCUT2D eigenvalue weighted by Crippen LogP contribution is -2.28. The first-order valence-corrected chi connectivity index (χ1v) is 8.59. The number of carbonyl (C=O) groups is 3. The van der Waals surface area contributed by atoms with Crippen LogP contribution in [-0.2, 0) is 11.2 Å². The number of hydrogen-bond donors (Lipinski definition) is 3. The Morgan fingerprint density at radius 3 is 2.79 bits per heavy atom. The number of fused-ring (bicyclic) bond motifs is 2. The number of carboxylic acid groups (broad SMARTS) is 1. The molecule has 0 unspecified atom stereocenters. The van der Waals surface area contributed by atoms with Crippen LogP contribution in [0, 0.1) is 0 Å². The number of benzene rings is 1. The fourth-order valence-corrected chi connectivity index (χ4v) is 3.38. The van der Waals surface area contributed by atoms with Crippen molar-refractivity contribution in [2.75, 3.05) is 7.11 Å². The summed E-state index contributed by atoms with van der Waals surface area (Å²) in [6.45, 7) is 0. The van der Waals surface area contributed by atoms with Crippen LogP contribution in [0.1, 0.15) is 54.9 Å². The molecule has 0 saturated carbocycles. The van der Waals surface area contributed by atoms with Crippen LogP contribution in [-0.4, -0.2) is 55.0 Å².